The SMILES string of the molecule is CCC(C)(C)N(F)C(C)(C)N. The van der Waals surface area contributed by atoms with E-state index < -0.39 is 11.2 Å². The number of rotatable bonds is 3. The van der Waals surface area contributed by atoms with Crippen molar-refractivity contribution < 1.29 is 4.48 Å². The average Bonchev–Trinajstić information content (AvgIpc) is 1.84. The van der Waals surface area contributed by atoms with Crippen molar-refractivity contribution in [1.82, 2.24) is 5.12 Å². The van der Waals surface area contributed by atoms with E-state index in [1.807, 2.05) is 20.8 Å². The molecule has 0 rings (SSSR count). The first-order valence-electron chi connectivity index (χ1n) is 3.97. The molecule has 0 fully saturated rings. The predicted octanol–water partition coefficient (Wildman–Crippen LogP) is 2.06. The largest absolute Gasteiger partial charge is 0.312 e. The lowest BCUT2D eigenvalue weighted by atomic mass is 9.99. The van der Waals surface area contributed by atoms with E-state index in [-0.39, 0.29) is 0 Å². The zero-order chi connectivity index (χ0) is 9.28. The molecule has 0 bridgehead atoms. The van der Waals surface area contributed by atoms with E-state index >= 15 is 0 Å². The Hall–Kier alpha value is -0.150. The minimum absolute atomic E-state index is 0.474. The van der Waals surface area contributed by atoms with Crippen LogP contribution in [0.3, 0.4) is 0 Å². The molecule has 0 aromatic rings. The van der Waals surface area contributed by atoms with Crippen LogP contribution in [-0.4, -0.2) is 16.3 Å². The molecule has 68 valence electrons. The maximum atomic E-state index is 13.4. The molecule has 0 unspecified atom stereocenters. The number of halogens is 1. The first-order chi connectivity index (χ1) is 4.72. The number of hydrogen-bond donors (Lipinski definition) is 1. The van der Waals surface area contributed by atoms with Gasteiger partial charge in [-0.15, -0.1) is 9.60 Å². The monoisotopic (exact) mass is 162 g/mol. The fourth-order valence-electron chi connectivity index (χ4n) is 0.919. The van der Waals surface area contributed by atoms with Crippen molar-refractivity contribution in [3.63, 3.8) is 0 Å². The van der Waals surface area contributed by atoms with Crippen LogP contribution in [0, 0.1) is 0 Å². The van der Waals surface area contributed by atoms with Gasteiger partial charge >= 0.3 is 0 Å². The highest BCUT2D eigenvalue weighted by molar-refractivity contribution is 4.81. The van der Waals surface area contributed by atoms with Crippen LogP contribution in [0.1, 0.15) is 41.0 Å². The average molecular weight is 162 g/mol. The fraction of sp³-hybridized carbons (Fsp3) is 1.00. The molecular weight excluding hydrogens is 143 g/mol. The van der Waals surface area contributed by atoms with E-state index in [2.05, 4.69) is 0 Å². The Balaban J connectivity index is 4.35. The third-order valence-electron chi connectivity index (χ3n) is 1.90. The zero-order valence-corrected chi connectivity index (χ0v) is 8.11. The number of nitrogens with two attached hydrogens (primary N) is 1. The Labute approximate surface area is 68.5 Å². The van der Waals surface area contributed by atoms with E-state index in [0.717, 1.165) is 6.42 Å². The van der Waals surface area contributed by atoms with E-state index in [0.29, 0.717) is 5.12 Å². The zero-order valence-electron chi connectivity index (χ0n) is 8.11. The first-order valence-corrected chi connectivity index (χ1v) is 3.97. The van der Waals surface area contributed by atoms with E-state index in [1.54, 1.807) is 13.8 Å². The van der Waals surface area contributed by atoms with Crippen LogP contribution in [-0.2, 0) is 0 Å². The van der Waals surface area contributed by atoms with Crippen molar-refractivity contribution >= 4 is 0 Å². The third-order valence-corrected chi connectivity index (χ3v) is 1.90. The lowest BCUT2D eigenvalue weighted by molar-refractivity contribution is -0.142. The summed E-state index contributed by atoms with van der Waals surface area (Å²) in [5.41, 5.74) is 4.23. The fourth-order valence-corrected chi connectivity index (χ4v) is 0.919. The minimum atomic E-state index is -0.889. The van der Waals surface area contributed by atoms with Crippen molar-refractivity contribution in [3.8, 4) is 0 Å². The molecule has 0 aliphatic heterocycles. The second-order valence-corrected chi connectivity index (χ2v) is 4.10. The standard InChI is InChI=1S/C8H19FN2/c1-6-7(2,3)11(9)8(4,5)10/h6,10H2,1-5H3. The Morgan fingerprint density at radius 2 is 1.64 bits per heavy atom. The van der Waals surface area contributed by atoms with Crippen LogP contribution in [0.25, 0.3) is 0 Å². The van der Waals surface area contributed by atoms with Crippen molar-refractivity contribution in [2.45, 2.75) is 52.2 Å². The Morgan fingerprint density at radius 3 is 1.73 bits per heavy atom. The van der Waals surface area contributed by atoms with Crippen LogP contribution >= 0.6 is 0 Å². The molecule has 0 aromatic carbocycles. The Bertz CT molecular complexity index is 127. The molecule has 3 heteroatoms. The van der Waals surface area contributed by atoms with Gasteiger partial charge in [0.25, 0.3) is 0 Å². The molecule has 11 heavy (non-hydrogen) atoms. The van der Waals surface area contributed by atoms with Gasteiger partial charge in [-0.05, 0) is 34.1 Å². The molecule has 0 aliphatic carbocycles. The van der Waals surface area contributed by atoms with Gasteiger partial charge < -0.3 is 5.73 Å². The Kier molecular flexibility index (Phi) is 3.03. The smallest absolute Gasteiger partial charge is 0.0927 e. The molecule has 0 atom stereocenters. The van der Waals surface area contributed by atoms with Gasteiger partial charge in [0.1, 0.15) is 0 Å². The van der Waals surface area contributed by atoms with Gasteiger partial charge in [0, 0.05) is 5.54 Å². The summed E-state index contributed by atoms with van der Waals surface area (Å²) in [6.45, 7) is 8.93. The molecular formula is C8H19FN2. The third kappa shape index (κ3) is 2.75. The molecule has 0 radical (unpaired) electrons. The molecule has 2 N–H and O–H groups in total. The predicted molar refractivity (Wildman–Crippen MR) is 45.6 cm³/mol. The lowest BCUT2D eigenvalue weighted by Crippen LogP contribution is -2.55. The lowest BCUT2D eigenvalue weighted by Gasteiger charge is -2.38. The summed E-state index contributed by atoms with van der Waals surface area (Å²) < 4.78 is 13.4. The quantitative estimate of drug-likeness (QED) is 0.508. The maximum Gasteiger partial charge on any atom is 0.0927 e. The summed E-state index contributed by atoms with van der Waals surface area (Å²) in [6.07, 6.45) is 0.740. The van der Waals surface area contributed by atoms with Gasteiger partial charge in [0.05, 0.1) is 5.66 Å². The van der Waals surface area contributed by atoms with Crippen LogP contribution in [0.5, 0.6) is 0 Å². The molecule has 0 saturated heterocycles. The molecule has 0 aliphatic rings. The highest BCUT2D eigenvalue weighted by Gasteiger charge is 2.34. The van der Waals surface area contributed by atoms with Gasteiger partial charge in [-0.2, -0.15) is 0 Å². The van der Waals surface area contributed by atoms with Crippen LogP contribution in [0.15, 0.2) is 0 Å². The molecule has 0 aromatic heterocycles. The van der Waals surface area contributed by atoms with E-state index in [9.17, 15) is 4.48 Å². The highest BCUT2D eigenvalue weighted by atomic mass is 19.2. The van der Waals surface area contributed by atoms with Crippen molar-refractivity contribution in [2.24, 2.45) is 5.73 Å². The summed E-state index contributed by atoms with van der Waals surface area (Å²) in [5, 5.41) is 0.708. The Morgan fingerprint density at radius 1 is 1.27 bits per heavy atom. The molecule has 0 amide bonds. The highest BCUT2D eigenvalue weighted by Crippen LogP contribution is 2.24. The van der Waals surface area contributed by atoms with Gasteiger partial charge in [-0.3, -0.25) is 0 Å². The molecule has 0 saturated carbocycles. The summed E-state index contributed by atoms with van der Waals surface area (Å²) in [6, 6.07) is 0. The van der Waals surface area contributed by atoms with Gasteiger partial charge in [-0.1, -0.05) is 6.92 Å². The number of hydrogen-bond acceptors (Lipinski definition) is 2. The summed E-state index contributed by atoms with van der Waals surface area (Å²) in [4.78, 5) is 0. The van der Waals surface area contributed by atoms with Gasteiger partial charge in [0.15, 0.2) is 0 Å². The summed E-state index contributed by atoms with van der Waals surface area (Å²) in [5.74, 6) is 0. The topological polar surface area (TPSA) is 29.3 Å². The molecule has 0 heterocycles. The normalized spacial score (nSPS) is 14.2. The van der Waals surface area contributed by atoms with Crippen LogP contribution in [0.4, 0.5) is 4.48 Å². The second kappa shape index (κ2) is 3.07. The molecule has 2 nitrogen and oxygen atoms in total. The summed E-state index contributed by atoms with van der Waals surface area (Å²) >= 11 is 0. The first kappa shape index (κ1) is 10.8. The summed E-state index contributed by atoms with van der Waals surface area (Å²) in [7, 11) is 0. The minimum Gasteiger partial charge on any atom is -0.312 e. The van der Waals surface area contributed by atoms with E-state index in [4.69, 9.17) is 5.73 Å². The van der Waals surface area contributed by atoms with Crippen molar-refractivity contribution in [1.29, 1.82) is 0 Å². The van der Waals surface area contributed by atoms with Crippen molar-refractivity contribution in [2.75, 3.05) is 0 Å². The van der Waals surface area contributed by atoms with Crippen LogP contribution in [0.2, 0.25) is 0 Å². The van der Waals surface area contributed by atoms with Gasteiger partial charge in [0.2, 0.25) is 0 Å². The van der Waals surface area contributed by atoms with Crippen LogP contribution < -0.4 is 5.73 Å². The van der Waals surface area contributed by atoms with Gasteiger partial charge in [-0.25, -0.2) is 0 Å². The van der Waals surface area contributed by atoms with Crippen molar-refractivity contribution in [3.05, 3.63) is 0 Å². The van der Waals surface area contributed by atoms with E-state index in [1.165, 1.54) is 0 Å². The number of nitrogens with zero attached hydrogens (tertiary/aromatic N) is 1. The second-order valence-electron chi connectivity index (χ2n) is 4.10. The maximum absolute atomic E-state index is 13.4. The molecule has 0 spiro atoms.